The highest BCUT2D eigenvalue weighted by Gasteiger charge is 2.08. The zero-order valence-corrected chi connectivity index (χ0v) is 12.1. The molecule has 106 valence electrons. The monoisotopic (exact) mass is 307 g/mol. The van der Waals surface area contributed by atoms with E-state index in [2.05, 4.69) is 26.3 Å². The summed E-state index contributed by atoms with van der Waals surface area (Å²) in [7, 11) is 0. The number of benzene rings is 1. The third-order valence-electron chi connectivity index (χ3n) is 2.94. The van der Waals surface area contributed by atoms with E-state index in [0.29, 0.717) is 28.0 Å². The van der Waals surface area contributed by atoms with Crippen LogP contribution in [-0.4, -0.2) is 15.0 Å². The number of nitrogens with one attached hydrogen (secondary N) is 1. The number of hydrogen-bond donors (Lipinski definition) is 1. The Hall–Kier alpha value is -2.97. The molecule has 22 heavy (non-hydrogen) atoms. The quantitative estimate of drug-likeness (QED) is 0.745. The molecule has 5 nitrogen and oxygen atoms in total. The normalized spacial score (nSPS) is 10.0. The van der Waals surface area contributed by atoms with E-state index in [1.807, 2.05) is 6.07 Å². The first kappa shape index (κ1) is 14.0. The van der Waals surface area contributed by atoms with Gasteiger partial charge < -0.3 is 5.32 Å². The van der Waals surface area contributed by atoms with Crippen molar-refractivity contribution in [3.05, 3.63) is 65.6 Å². The van der Waals surface area contributed by atoms with Crippen LogP contribution in [-0.2, 0) is 0 Å². The Balaban J connectivity index is 1.99. The molecule has 3 rings (SSSR count). The number of rotatable bonds is 3. The number of nitrogens with zero attached hydrogens (tertiary/aromatic N) is 4. The number of aromatic nitrogens is 3. The first-order chi connectivity index (χ1) is 10.8. The summed E-state index contributed by atoms with van der Waals surface area (Å²) in [6, 6.07) is 14.5. The van der Waals surface area contributed by atoms with Crippen molar-refractivity contribution in [1.29, 1.82) is 5.26 Å². The fourth-order valence-electron chi connectivity index (χ4n) is 1.94. The SMILES string of the molecule is N#Cc1ccccc1Nc1cc(Cl)nc(-c2ccncc2)n1. The summed E-state index contributed by atoms with van der Waals surface area (Å²) in [5.74, 6) is 1.02. The van der Waals surface area contributed by atoms with E-state index in [4.69, 9.17) is 16.9 Å². The third kappa shape index (κ3) is 3.03. The van der Waals surface area contributed by atoms with Crippen LogP contribution in [0.4, 0.5) is 11.5 Å². The second-order valence-electron chi connectivity index (χ2n) is 4.42. The van der Waals surface area contributed by atoms with Crippen molar-refractivity contribution in [3.8, 4) is 17.5 Å². The molecule has 0 amide bonds. The third-order valence-corrected chi connectivity index (χ3v) is 3.14. The van der Waals surface area contributed by atoms with Gasteiger partial charge >= 0.3 is 0 Å². The second-order valence-corrected chi connectivity index (χ2v) is 4.81. The van der Waals surface area contributed by atoms with Gasteiger partial charge in [-0.25, -0.2) is 9.97 Å². The van der Waals surface area contributed by atoms with Crippen LogP contribution in [0.25, 0.3) is 11.4 Å². The molecule has 0 fully saturated rings. The molecule has 0 spiro atoms. The van der Waals surface area contributed by atoms with Gasteiger partial charge in [-0.2, -0.15) is 5.26 Å². The minimum absolute atomic E-state index is 0.318. The number of hydrogen-bond acceptors (Lipinski definition) is 5. The molecular weight excluding hydrogens is 298 g/mol. The minimum Gasteiger partial charge on any atom is -0.339 e. The second kappa shape index (κ2) is 6.20. The molecule has 1 N–H and O–H groups in total. The van der Waals surface area contributed by atoms with Crippen LogP contribution in [0, 0.1) is 11.3 Å². The van der Waals surface area contributed by atoms with Crippen LogP contribution in [0.1, 0.15) is 5.56 Å². The van der Waals surface area contributed by atoms with Crippen LogP contribution >= 0.6 is 11.6 Å². The number of halogens is 1. The van der Waals surface area contributed by atoms with Gasteiger partial charge in [0.15, 0.2) is 5.82 Å². The van der Waals surface area contributed by atoms with Gasteiger partial charge in [0.2, 0.25) is 0 Å². The van der Waals surface area contributed by atoms with Crippen LogP contribution in [0.3, 0.4) is 0 Å². The summed E-state index contributed by atoms with van der Waals surface area (Å²) in [6.07, 6.45) is 3.33. The molecular formula is C16H10ClN5. The van der Waals surface area contributed by atoms with E-state index >= 15 is 0 Å². The first-order valence-corrected chi connectivity index (χ1v) is 6.85. The highest BCUT2D eigenvalue weighted by molar-refractivity contribution is 6.29. The van der Waals surface area contributed by atoms with Crippen LogP contribution < -0.4 is 5.32 Å². The van der Waals surface area contributed by atoms with Crippen molar-refractivity contribution in [2.24, 2.45) is 0 Å². The summed E-state index contributed by atoms with van der Waals surface area (Å²) in [4.78, 5) is 12.6. The number of para-hydroxylation sites is 1. The van der Waals surface area contributed by atoms with Gasteiger partial charge in [-0.05, 0) is 24.3 Å². The average molecular weight is 308 g/mol. The Bertz CT molecular complexity index is 843. The number of anilines is 2. The van der Waals surface area contributed by atoms with Crippen molar-refractivity contribution in [3.63, 3.8) is 0 Å². The number of nitriles is 1. The Morgan fingerprint density at radius 3 is 2.59 bits per heavy atom. The Morgan fingerprint density at radius 2 is 1.82 bits per heavy atom. The molecule has 0 aliphatic rings. The lowest BCUT2D eigenvalue weighted by Gasteiger charge is -2.09. The molecule has 0 aliphatic heterocycles. The van der Waals surface area contributed by atoms with E-state index < -0.39 is 0 Å². The zero-order chi connectivity index (χ0) is 15.4. The zero-order valence-electron chi connectivity index (χ0n) is 11.4. The summed E-state index contributed by atoms with van der Waals surface area (Å²) in [5.41, 5.74) is 2.01. The van der Waals surface area contributed by atoms with Gasteiger partial charge in [0.05, 0.1) is 11.3 Å². The molecule has 1 aromatic carbocycles. The van der Waals surface area contributed by atoms with E-state index in [9.17, 15) is 0 Å². The molecule has 2 heterocycles. The molecule has 0 bridgehead atoms. The van der Waals surface area contributed by atoms with Gasteiger partial charge in [0.1, 0.15) is 17.0 Å². The van der Waals surface area contributed by atoms with E-state index in [1.54, 1.807) is 48.8 Å². The molecule has 0 unspecified atom stereocenters. The predicted octanol–water partition coefficient (Wildman–Crippen LogP) is 3.81. The summed E-state index contributed by atoms with van der Waals surface area (Å²) >= 11 is 6.07. The van der Waals surface area contributed by atoms with Crippen molar-refractivity contribution in [2.45, 2.75) is 0 Å². The average Bonchev–Trinajstić information content (AvgIpc) is 2.56. The Labute approximate surface area is 132 Å². The first-order valence-electron chi connectivity index (χ1n) is 6.47. The maximum absolute atomic E-state index is 9.13. The van der Waals surface area contributed by atoms with Crippen molar-refractivity contribution >= 4 is 23.1 Å². The fourth-order valence-corrected chi connectivity index (χ4v) is 2.12. The van der Waals surface area contributed by atoms with Gasteiger partial charge in [-0.3, -0.25) is 4.98 Å². The van der Waals surface area contributed by atoms with Gasteiger partial charge in [0.25, 0.3) is 0 Å². The molecule has 2 aromatic heterocycles. The van der Waals surface area contributed by atoms with Crippen molar-refractivity contribution in [2.75, 3.05) is 5.32 Å². The Morgan fingerprint density at radius 1 is 1.05 bits per heavy atom. The van der Waals surface area contributed by atoms with Crippen LogP contribution in [0.2, 0.25) is 5.15 Å². The maximum atomic E-state index is 9.13. The van der Waals surface area contributed by atoms with E-state index in [-0.39, 0.29) is 0 Å². The highest BCUT2D eigenvalue weighted by atomic mass is 35.5. The van der Waals surface area contributed by atoms with Gasteiger partial charge in [-0.1, -0.05) is 23.7 Å². The summed E-state index contributed by atoms with van der Waals surface area (Å²) in [6.45, 7) is 0. The van der Waals surface area contributed by atoms with Crippen molar-refractivity contribution < 1.29 is 0 Å². The largest absolute Gasteiger partial charge is 0.339 e. The molecule has 0 radical (unpaired) electrons. The summed E-state index contributed by atoms with van der Waals surface area (Å²) < 4.78 is 0. The number of pyridine rings is 1. The highest BCUT2D eigenvalue weighted by Crippen LogP contribution is 2.23. The molecule has 0 saturated heterocycles. The lowest BCUT2D eigenvalue weighted by molar-refractivity contribution is 1.17. The minimum atomic E-state index is 0.318. The van der Waals surface area contributed by atoms with Crippen LogP contribution in [0.5, 0.6) is 0 Å². The topological polar surface area (TPSA) is 74.5 Å². The smallest absolute Gasteiger partial charge is 0.163 e. The molecule has 0 atom stereocenters. The Kier molecular flexibility index (Phi) is 3.95. The van der Waals surface area contributed by atoms with E-state index in [0.717, 1.165) is 5.56 Å². The van der Waals surface area contributed by atoms with Crippen LogP contribution in [0.15, 0.2) is 54.9 Å². The summed E-state index contributed by atoms with van der Waals surface area (Å²) in [5, 5.41) is 12.5. The fraction of sp³-hybridized carbons (Fsp3) is 0. The molecule has 0 aliphatic carbocycles. The standard InChI is InChI=1S/C16H10ClN5/c17-14-9-15(20-13-4-2-1-3-12(13)10-18)22-16(21-14)11-5-7-19-8-6-11/h1-9H,(H,20,21,22). The molecule has 6 heteroatoms. The maximum Gasteiger partial charge on any atom is 0.163 e. The lowest BCUT2D eigenvalue weighted by atomic mass is 10.2. The van der Waals surface area contributed by atoms with Gasteiger partial charge in [0, 0.05) is 24.0 Å². The molecule has 3 aromatic rings. The van der Waals surface area contributed by atoms with E-state index in [1.165, 1.54) is 0 Å². The molecule has 0 saturated carbocycles. The predicted molar refractivity (Wildman–Crippen MR) is 84.7 cm³/mol. The lowest BCUT2D eigenvalue weighted by Crippen LogP contribution is -1.99. The van der Waals surface area contributed by atoms with Crippen molar-refractivity contribution in [1.82, 2.24) is 15.0 Å². The van der Waals surface area contributed by atoms with Gasteiger partial charge in [-0.15, -0.1) is 0 Å².